The number of fused-ring (bicyclic) bond motifs is 1. The number of nitrogens with zero attached hydrogens (tertiary/aromatic N) is 2. The highest BCUT2D eigenvalue weighted by Crippen LogP contribution is 2.46. The second-order valence-electron chi connectivity index (χ2n) is 15.4. The van der Waals surface area contributed by atoms with Gasteiger partial charge in [0.1, 0.15) is 11.3 Å². The van der Waals surface area contributed by atoms with Gasteiger partial charge in [0.15, 0.2) is 0 Å². The molecule has 1 aromatic heterocycles. The van der Waals surface area contributed by atoms with Crippen LogP contribution in [-0.4, -0.2) is 91.6 Å². The molecule has 1 aliphatic carbocycles. The van der Waals surface area contributed by atoms with Crippen molar-refractivity contribution in [2.24, 2.45) is 17.6 Å². The van der Waals surface area contributed by atoms with Gasteiger partial charge in [-0.25, -0.2) is 9.78 Å². The number of amides is 4. The summed E-state index contributed by atoms with van der Waals surface area (Å²) in [6.07, 6.45) is 6.29. The highest BCUT2D eigenvalue weighted by molar-refractivity contribution is 6.05. The maximum Gasteiger partial charge on any atom is 0.335 e. The number of carbonyl (C=O) groups excluding carboxylic acids is 4. The smallest absolute Gasteiger partial charge is 0.335 e. The van der Waals surface area contributed by atoms with Crippen molar-refractivity contribution >= 4 is 29.6 Å². The quantitative estimate of drug-likeness (QED) is 0.118. The number of H-pyrrole nitrogens is 1. The van der Waals surface area contributed by atoms with Crippen LogP contribution >= 0.6 is 0 Å². The van der Waals surface area contributed by atoms with Gasteiger partial charge in [-0.1, -0.05) is 76.3 Å². The standard InChI is InChI=1S/C41H54N6O8/c1-25(2)21-44-37(50)19-35(49)34(17-28-12-8-5-9-13-28)46-40(54)41(20-30-22-43-24-45-30,32-23-55-36-15-14-29(39(52)53)18-31(32)36)47(26(3)48)38(51)33(42)16-27-10-6-4-7-11-27/h4,6-7,10-11,14-15,18,22,24-25,28,32-35,49H,5,8-9,12-13,16-17,19-21,23,42H2,1-3H3,(H,43,45)(H,44,50)(H,46,54)(H,52,53)/t32?,33-,34-,35-,41-/m0/s1. The summed E-state index contributed by atoms with van der Waals surface area (Å²) < 4.78 is 6.08. The number of imidazole rings is 1. The highest BCUT2D eigenvalue weighted by Gasteiger charge is 2.58. The summed E-state index contributed by atoms with van der Waals surface area (Å²) in [6, 6.07) is 11.1. The van der Waals surface area contributed by atoms with Gasteiger partial charge in [-0.2, -0.15) is 0 Å². The van der Waals surface area contributed by atoms with Gasteiger partial charge in [0, 0.05) is 31.6 Å². The van der Waals surface area contributed by atoms with E-state index in [0.29, 0.717) is 30.0 Å². The lowest BCUT2D eigenvalue weighted by Crippen LogP contribution is -2.70. The molecule has 2 heterocycles. The molecule has 3 aromatic rings. The predicted molar refractivity (Wildman–Crippen MR) is 204 cm³/mol. The maximum absolute atomic E-state index is 15.6. The fourth-order valence-electron chi connectivity index (χ4n) is 7.97. The zero-order valence-electron chi connectivity index (χ0n) is 31.8. The molecule has 1 fully saturated rings. The topological polar surface area (TPSA) is 217 Å². The summed E-state index contributed by atoms with van der Waals surface area (Å²) in [7, 11) is 0. The predicted octanol–water partition coefficient (Wildman–Crippen LogP) is 3.49. The van der Waals surface area contributed by atoms with E-state index in [-0.39, 0.29) is 49.2 Å². The summed E-state index contributed by atoms with van der Waals surface area (Å²) in [5, 5.41) is 27.6. The van der Waals surface area contributed by atoms with Crippen molar-refractivity contribution in [1.29, 1.82) is 0 Å². The summed E-state index contributed by atoms with van der Waals surface area (Å²) in [5.41, 5.74) is 5.75. The van der Waals surface area contributed by atoms with E-state index in [4.69, 9.17) is 10.5 Å². The Hall–Kier alpha value is -5.08. The van der Waals surface area contributed by atoms with Gasteiger partial charge >= 0.3 is 5.97 Å². The average Bonchev–Trinajstić information content (AvgIpc) is 3.84. The molecule has 5 rings (SSSR count). The molecular weight excluding hydrogens is 704 g/mol. The minimum atomic E-state index is -2.14. The number of nitrogens with two attached hydrogens (primary N) is 1. The van der Waals surface area contributed by atoms with Crippen LogP contribution in [0.2, 0.25) is 0 Å². The lowest BCUT2D eigenvalue weighted by atomic mass is 9.73. The fraction of sp³-hybridized carbons (Fsp3) is 0.512. The van der Waals surface area contributed by atoms with Crippen molar-refractivity contribution in [3.8, 4) is 5.75 Å². The van der Waals surface area contributed by atoms with Gasteiger partial charge in [-0.05, 0) is 48.4 Å². The third kappa shape index (κ3) is 9.97. The first-order chi connectivity index (χ1) is 26.3. The number of carboxylic acids is 1. The Kier molecular flexibility index (Phi) is 13.8. The molecule has 0 radical (unpaired) electrons. The van der Waals surface area contributed by atoms with Gasteiger partial charge < -0.3 is 36.3 Å². The zero-order valence-corrected chi connectivity index (χ0v) is 31.8. The number of aromatic carboxylic acids is 1. The molecule has 0 bridgehead atoms. The summed E-state index contributed by atoms with van der Waals surface area (Å²) >= 11 is 0. The van der Waals surface area contributed by atoms with Gasteiger partial charge in [0.25, 0.3) is 0 Å². The molecule has 1 aliphatic heterocycles. The number of hydrogen-bond donors (Lipinski definition) is 6. The third-order valence-electron chi connectivity index (χ3n) is 10.8. The summed E-state index contributed by atoms with van der Waals surface area (Å²) in [5.74, 6) is -4.48. The molecule has 2 aromatic carbocycles. The summed E-state index contributed by atoms with van der Waals surface area (Å²) in [6.45, 7) is 5.31. The van der Waals surface area contributed by atoms with Crippen LogP contribution < -0.4 is 21.1 Å². The number of carboxylic acid groups (broad SMARTS) is 1. The van der Waals surface area contributed by atoms with Crippen molar-refractivity contribution in [2.45, 2.75) is 108 Å². The molecule has 14 nitrogen and oxygen atoms in total. The molecule has 1 unspecified atom stereocenters. The molecule has 1 saturated carbocycles. The van der Waals surface area contributed by atoms with Crippen LogP contribution in [0.3, 0.4) is 0 Å². The second-order valence-corrected chi connectivity index (χ2v) is 15.4. The number of aliphatic hydroxyl groups is 1. The monoisotopic (exact) mass is 758 g/mol. The van der Waals surface area contributed by atoms with E-state index < -0.39 is 53.3 Å². The molecule has 7 N–H and O–H groups in total. The first kappa shape index (κ1) is 41.1. The van der Waals surface area contributed by atoms with Crippen LogP contribution in [0.15, 0.2) is 61.1 Å². The van der Waals surface area contributed by atoms with E-state index in [1.54, 1.807) is 30.5 Å². The Morgan fingerprint density at radius 1 is 1.07 bits per heavy atom. The Balaban J connectivity index is 1.65. The number of hydrogen-bond acceptors (Lipinski definition) is 9. The molecule has 0 spiro atoms. The number of aromatic nitrogens is 2. The van der Waals surface area contributed by atoms with Crippen LogP contribution in [0.4, 0.5) is 0 Å². The molecule has 0 saturated heterocycles. The Morgan fingerprint density at radius 3 is 2.44 bits per heavy atom. The maximum atomic E-state index is 15.6. The van der Waals surface area contributed by atoms with Gasteiger partial charge in [-0.3, -0.25) is 24.1 Å². The van der Waals surface area contributed by atoms with Crippen molar-refractivity contribution in [2.75, 3.05) is 13.2 Å². The van der Waals surface area contributed by atoms with E-state index in [0.717, 1.165) is 42.6 Å². The van der Waals surface area contributed by atoms with Gasteiger partial charge in [0.2, 0.25) is 23.6 Å². The van der Waals surface area contributed by atoms with Crippen LogP contribution in [0.25, 0.3) is 0 Å². The summed E-state index contributed by atoms with van der Waals surface area (Å²) in [4.78, 5) is 77.8. The van der Waals surface area contributed by atoms with Crippen molar-refractivity contribution < 1.29 is 38.9 Å². The van der Waals surface area contributed by atoms with Crippen molar-refractivity contribution in [1.82, 2.24) is 25.5 Å². The number of carbonyl (C=O) groups is 5. The fourth-order valence-corrected chi connectivity index (χ4v) is 7.97. The highest BCUT2D eigenvalue weighted by atomic mass is 16.5. The van der Waals surface area contributed by atoms with E-state index >= 15 is 4.79 Å². The molecular formula is C41H54N6O8. The molecule has 14 heteroatoms. The van der Waals surface area contributed by atoms with Crippen LogP contribution in [0.1, 0.15) is 98.8 Å². The number of aliphatic hydroxyl groups excluding tert-OH is 1. The zero-order chi connectivity index (χ0) is 39.7. The Morgan fingerprint density at radius 2 is 1.80 bits per heavy atom. The minimum Gasteiger partial charge on any atom is -0.493 e. The first-order valence-corrected chi connectivity index (χ1v) is 19.2. The lowest BCUT2D eigenvalue weighted by Gasteiger charge is -2.46. The molecule has 4 amide bonds. The third-order valence-corrected chi connectivity index (χ3v) is 10.8. The first-order valence-electron chi connectivity index (χ1n) is 19.2. The molecule has 55 heavy (non-hydrogen) atoms. The van der Waals surface area contributed by atoms with Crippen LogP contribution in [0, 0.1) is 11.8 Å². The largest absolute Gasteiger partial charge is 0.493 e. The van der Waals surface area contributed by atoms with Crippen LogP contribution in [0.5, 0.6) is 5.75 Å². The minimum absolute atomic E-state index is 0.0545. The lowest BCUT2D eigenvalue weighted by molar-refractivity contribution is -0.161. The Bertz CT molecular complexity index is 1790. The second kappa shape index (κ2) is 18.5. The van der Waals surface area contributed by atoms with Crippen molar-refractivity contribution in [3.05, 3.63) is 83.4 Å². The number of rotatable bonds is 17. The van der Waals surface area contributed by atoms with Crippen molar-refractivity contribution in [3.63, 3.8) is 0 Å². The van der Waals surface area contributed by atoms with E-state index in [1.165, 1.54) is 31.5 Å². The Labute approximate surface area is 321 Å². The number of benzene rings is 2. The van der Waals surface area contributed by atoms with Crippen LogP contribution in [-0.2, 0) is 32.0 Å². The number of imide groups is 1. The van der Waals surface area contributed by atoms with E-state index in [1.807, 2.05) is 19.9 Å². The molecule has 2 aliphatic rings. The normalized spacial score (nSPS) is 18.3. The number of ether oxygens (including phenoxy) is 1. The van der Waals surface area contributed by atoms with E-state index in [2.05, 4.69) is 20.6 Å². The molecule has 296 valence electrons. The SMILES string of the molecule is CC(=O)N(C(=O)[C@@H](N)Cc1ccccc1)[C@](Cc1c[nH]cn1)(C(=O)N[C@@H](CC1CCCCC1)[C@@H](O)CC(=O)NCC(C)C)C1COc2ccc(C(=O)O)cc21. The van der Waals surface area contributed by atoms with E-state index in [9.17, 15) is 29.4 Å². The van der Waals surface area contributed by atoms with Gasteiger partial charge in [-0.15, -0.1) is 0 Å². The molecule has 5 atom stereocenters. The average molecular weight is 759 g/mol. The van der Waals surface area contributed by atoms with Gasteiger partial charge in [0.05, 0.1) is 54.7 Å². The number of aromatic amines is 1. The number of nitrogens with one attached hydrogen (secondary N) is 3.